The van der Waals surface area contributed by atoms with Crippen LogP contribution in [-0.4, -0.2) is 6.54 Å². The van der Waals surface area contributed by atoms with Gasteiger partial charge >= 0.3 is 0 Å². The van der Waals surface area contributed by atoms with E-state index in [0.717, 1.165) is 6.07 Å². The molecular formula is C16H12ClF2NO. The first-order valence-corrected chi connectivity index (χ1v) is 6.53. The zero-order chi connectivity index (χ0) is 15.2. The van der Waals surface area contributed by atoms with E-state index in [1.165, 1.54) is 18.2 Å². The van der Waals surface area contributed by atoms with Gasteiger partial charge in [-0.25, -0.2) is 8.78 Å². The zero-order valence-electron chi connectivity index (χ0n) is 11.0. The summed E-state index contributed by atoms with van der Waals surface area (Å²) in [5.41, 5.74) is 6.14. The van der Waals surface area contributed by atoms with Crippen molar-refractivity contribution in [1.29, 1.82) is 0 Å². The molecule has 0 aromatic heterocycles. The van der Waals surface area contributed by atoms with Crippen molar-refractivity contribution >= 4 is 11.6 Å². The Hall–Kier alpha value is -2.09. The molecule has 2 aromatic carbocycles. The lowest BCUT2D eigenvalue weighted by Gasteiger charge is -2.08. The van der Waals surface area contributed by atoms with Crippen LogP contribution in [0, 0.1) is 23.5 Å². The van der Waals surface area contributed by atoms with Gasteiger partial charge in [-0.05, 0) is 24.3 Å². The summed E-state index contributed by atoms with van der Waals surface area (Å²) >= 11 is 5.57. The Morgan fingerprint density at radius 1 is 1.10 bits per heavy atom. The summed E-state index contributed by atoms with van der Waals surface area (Å²) in [6.07, 6.45) is 0. The van der Waals surface area contributed by atoms with E-state index in [1.54, 1.807) is 12.1 Å². The normalized spacial score (nSPS) is 9.90. The van der Waals surface area contributed by atoms with Crippen molar-refractivity contribution < 1.29 is 13.5 Å². The van der Waals surface area contributed by atoms with Crippen LogP contribution in [0.2, 0.25) is 5.02 Å². The Balaban J connectivity index is 2.07. The highest BCUT2D eigenvalue weighted by Gasteiger charge is 2.06. The predicted molar refractivity (Wildman–Crippen MR) is 78.1 cm³/mol. The van der Waals surface area contributed by atoms with Crippen molar-refractivity contribution in [3.63, 3.8) is 0 Å². The van der Waals surface area contributed by atoms with Gasteiger partial charge in [-0.15, -0.1) is 0 Å². The highest BCUT2D eigenvalue weighted by atomic mass is 35.5. The highest BCUT2D eigenvalue weighted by Crippen LogP contribution is 2.21. The lowest BCUT2D eigenvalue weighted by Crippen LogP contribution is -1.99. The van der Waals surface area contributed by atoms with Crippen molar-refractivity contribution in [3.05, 3.63) is 64.2 Å². The van der Waals surface area contributed by atoms with Crippen LogP contribution in [0.15, 0.2) is 36.4 Å². The molecule has 5 heteroatoms. The van der Waals surface area contributed by atoms with Crippen molar-refractivity contribution in [2.75, 3.05) is 6.54 Å². The molecule has 0 bridgehead atoms. The molecule has 2 N–H and O–H groups in total. The van der Waals surface area contributed by atoms with Crippen LogP contribution in [0.3, 0.4) is 0 Å². The van der Waals surface area contributed by atoms with E-state index in [1.807, 2.05) is 0 Å². The Morgan fingerprint density at radius 3 is 2.57 bits per heavy atom. The molecule has 2 rings (SSSR count). The molecule has 0 aliphatic heterocycles. The largest absolute Gasteiger partial charge is 0.489 e. The summed E-state index contributed by atoms with van der Waals surface area (Å²) in [5.74, 6) is 4.65. The van der Waals surface area contributed by atoms with Gasteiger partial charge in [-0.3, -0.25) is 0 Å². The maximum Gasteiger partial charge on any atom is 0.145 e. The third-order valence-electron chi connectivity index (χ3n) is 2.67. The second kappa shape index (κ2) is 7.07. The van der Waals surface area contributed by atoms with Gasteiger partial charge in [0.05, 0.1) is 11.6 Å². The zero-order valence-corrected chi connectivity index (χ0v) is 11.8. The van der Waals surface area contributed by atoms with Crippen LogP contribution in [0.5, 0.6) is 5.75 Å². The molecule has 0 unspecified atom stereocenters. The first kappa shape index (κ1) is 15.3. The fraction of sp³-hybridized carbons (Fsp3) is 0.125. The molecule has 0 amide bonds. The SMILES string of the molecule is NCC#Cc1ccc(COc2ccc(Cl)c(F)c2)c(F)c1. The topological polar surface area (TPSA) is 35.2 Å². The Labute approximate surface area is 126 Å². The molecule has 0 saturated heterocycles. The minimum atomic E-state index is -0.581. The lowest BCUT2D eigenvalue weighted by atomic mass is 10.1. The molecule has 0 aliphatic rings. The lowest BCUT2D eigenvalue weighted by molar-refractivity contribution is 0.298. The summed E-state index contributed by atoms with van der Waals surface area (Å²) in [7, 11) is 0. The Kier molecular flexibility index (Phi) is 5.15. The number of hydrogen-bond donors (Lipinski definition) is 1. The molecule has 0 spiro atoms. The van der Waals surface area contributed by atoms with Gasteiger partial charge < -0.3 is 10.5 Å². The van der Waals surface area contributed by atoms with Crippen LogP contribution in [0.1, 0.15) is 11.1 Å². The van der Waals surface area contributed by atoms with Crippen molar-refractivity contribution in [2.24, 2.45) is 5.73 Å². The first-order chi connectivity index (χ1) is 10.1. The smallest absolute Gasteiger partial charge is 0.145 e. The molecule has 21 heavy (non-hydrogen) atoms. The summed E-state index contributed by atoms with van der Waals surface area (Å²) in [5, 5.41) is 0.0105. The second-order valence-electron chi connectivity index (χ2n) is 4.18. The molecule has 2 aromatic rings. The van der Waals surface area contributed by atoms with Gasteiger partial charge in [0.2, 0.25) is 0 Å². The van der Waals surface area contributed by atoms with E-state index in [2.05, 4.69) is 11.8 Å². The average Bonchev–Trinajstić information content (AvgIpc) is 2.47. The van der Waals surface area contributed by atoms with E-state index >= 15 is 0 Å². The second-order valence-corrected chi connectivity index (χ2v) is 4.58. The van der Waals surface area contributed by atoms with E-state index in [0.29, 0.717) is 11.1 Å². The molecule has 108 valence electrons. The van der Waals surface area contributed by atoms with Crippen LogP contribution in [-0.2, 0) is 6.61 Å². The van der Waals surface area contributed by atoms with Gasteiger partial charge in [-0.1, -0.05) is 29.5 Å². The average molecular weight is 308 g/mol. The molecule has 0 aliphatic carbocycles. The molecule has 0 heterocycles. The van der Waals surface area contributed by atoms with Crippen molar-refractivity contribution in [2.45, 2.75) is 6.61 Å². The number of rotatable bonds is 3. The van der Waals surface area contributed by atoms with Gasteiger partial charge in [0.1, 0.15) is 24.0 Å². The van der Waals surface area contributed by atoms with E-state index in [9.17, 15) is 8.78 Å². The van der Waals surface area contributed by atoms with Gasteiger partial charge in [0.15, 0.2) is 0 Å². The fourth-order valence-electron chi connectivity index (χ4n) is 1.62. The standard InChI is InChI=1S/C16H12ClF2NO/c17-14-6-5-13(9-16(14)19)21-10-12-4-3-11(2-1-7-20)8-15(12)18/h3-6,8-9H,7,10,20H2. The number of nitrogens with two attached hydrogens (primary N) is 1. The maximum atomic E-state index is 13.8. The molecular weight excluding hydrogens is 296 g/mol. The summed E-state index contributed by atoms with van der Waals surface area (Å²) in [4.78, 5) is 0. The van der Waals surface area contributed by atoms with Crippen LogP contribution < -0.4 is 10.5 Å². The van der Waals surface area contributed by atoms with Gasteiger partial charge in [-0.2, -0.15) is 0 Å². The predicted octanol–water partition coefficient (Wildman–Crippen LogP) is 3.51. The summed E-state index contributed by atoms with van der Waals surface area (Å²) in [6, 6.07) is 8.61. The highest BCUT2D eigenvalue weighted by molar-refractivity contribution is 6.30. The van der Waals surface area contributed by atoms with Crippen LogP contribution in [0.4, 0.5) is 8.78 Å². The fourth-order valence-corrected chi connectivity index (χ4v) is 1.74. The van der Waals surface area contributed by atoms with Crippen LogP contribution in [0.25, 0.3) is 0 Å². The quantitative estimate of drug-likeness (QED) is 0.881. The first-order valence-electron chi connectivity index (χ1n) is 6.15. The Bertz CT molecular complexity index is 707. The summed E-state index contributed by atoms with van der Waals surface area (Å²) in [6.45, 7) is 0.201. The molecule has 0 radical (unpaired) electrons. The third-order valence-corrected chi connectivity index (χ3v) is 2.98. The molecule has 2 nitrogen and oxygen atoms in total. The minimum Gasteiger partial charge on any atom is -0.489 e. The molecule has 0 fully saturated rings. The van der Waals surface area contributed by atoms with E-state index in [4.69, 9.17) is 22.1 Å². The van der Waals surface area contributed by atoms with Gasteiger partial charge in [0.25, 0.3) is 0 Å². The van der Waals surface area contributed by atoms with Crippen molar-refractivity contribution in [1.82, 2.24) is 0 Å². The van der Waals surface area contributed by atoms with Crippen LogP contribution >= 0.6 is 11.6 Å². The number of halogens is 3. The molecule has 0 atom stereocenters. The number of hydrogen-bond acceptors (Lipinski definition) is 2. The molecule has 0 saturated carbocycles. The van der Waals surface area contributed by atoms with Gasteiger partial charge in [0, 0.05) is 17.2 Å². The minimum absolute atomic E-state index is 0.0105. The number of ether oxygens (including phenoxy) is 1. The number of benzene rings is 2. The van der Waals surface area contributed by atoms with E-state index in [-0.39, 0.29) is 23.9 Å². The Morgan fingerprint density at radius 2 is 1.90 bits per heavy atom. The maximum absolute atomic E-state index is 13.8. The van der Waals surface area contributed by atoms with E-state index < -0.39 is 11.6 Å². The third kappa shape index (κ3) is 4.19. The summed E-state index contributed by atoms with van der Waals surface area (Å²) < 4.78 is 32.4. The monoisotopic (exact) mass is 307 g/mol. The van der Waals surface area contributed by atoms with Crippen molar-refractivity contribution in [3.8, 4) is 17.6 Å².